The van der Waals surface area contributed by atoms with Gasteiger partial charge in [-0.15, -0.1) is 0 Å². The van der Waals surface area contributed by atoms with E-state index in [9.17, 15) is 0 Å². The van der Waals surface area contributed by atoms with Crippen molar-refractivity contribution in [2.45, 2.75) is 10.8 Å². The van der Waals surface area contributed by atoms with Gasteiger partial charge in [0.2, 0.25) is 0 Å². The normalized spacial score (nSPS) is 13.7. The summed E-state index contributed by atoms with van der Waals surface area (Å²) in [5, 5.41) is 2.53. The van der Waals surface area contributed by atoms with Crippen LogP contribution in [0.2, 0.25) is 0 Å². The molecule has 354 valence electrons. The summed E-state index contributed by atoms with van der Waals surface area (Å²) in [4.78, 5) is 2.53. The highest BCUT2D eigenvalue weighted by molar-refractivity contribution is 6.09. The molecule has 0 bridgehead atoms. The summed E-state index contributed by atoms with van der Waals surface area (Å²) in [6.07, 6.45) is 0. The molecule has 13 aromatic rings. The van der Waals surface area contributed by atoms with Crippen molar-refractivity contribution in [3.05, 3.63) is 336 Å². The van der Waals surface area contributed by atoms with Crippen LogP contribution >= 0.6 is 0 Å². The van der Waals surface area contributed by atoms with E-state index in [0.717, 1.165) is 28.3 Å². The van der Waals surface area contributed by atoms with E-state index in [1.165, 1.54) is 105 Å². The second-order valence-corrected chi connectivity index (χ2v) is 20.6. The van der Waals surface area contributed by atoms with Gasteiger partial charge in [-0.2, -0.15) is 0 Å². The zero-order valence-corrected chi connectivity index (χ0v) is 41.6. The second-order valence-electron chi connectivity index (χ2n) is 20.6. The number of hydrogen-bond donors (Lipinski definition) is 0. The fraction of sp³-hybridized carbons (Fsp3) is 0.0270. The molecule has 0 amide bonds. The molecule has 1 aromatic heterocycles. The van der Waals surface area contributed by atoms with Crippen molar-refractivity contribution >= 4 is 38.9 Å². The van der Waals surface area contributed by atoms with Crippen LogP contribution in [0, 0.1) is 0 Å². The van der Waals surface area contributed by atoms with Crippen LogP contribution in [-0.2, 0) is 10.8 Å². The molecule has 3 aliphatic carbocycles. The number of benzene rings is 12. The molecular weight excluding hydrogens is 917 g/mol. The van der Waals surface area contributed by atoms with E-state index >= 15 is 0 Å². The van der Waals surface area contributed by atoms with Crippen LogP contribution in [0.4, 0.5) is 17.1 Å². The van der Waals surface area contributed by atoms with E-state index in [1.807, 2.05) is 0 Å². The van der Waals surface area contributed by atoms with Crippen molar-refractivity contribution < 1.29 is 0 Å². The van der Waals surface area contributed by atoms with Gasteiger partial charge >= 0.3 is 0 Å². The average molecular weight is 965 g/mol. The van der Waals surface area contributed by atoms with Gasteiger partial charge in [0.1, 0.15) is 0 Å². The number of hydrogen-bond acceptors (Lipinski definition) is 1. The minimum absolute atomic E-state index is 0.474. The predicted molar refractivity (Wildman–Crippen MR) is 315 cm³/mol. The van der Waals surface area contributed by atoms with Gasteiger partial charge in [-0.05, 0) is 138 Å². The lowest BCUT2D eigenvalue weighted by Gasteiger charge is -2.34. The third-order valence-corrected chi connectivity index (χ3v) is 17.1. The van der Waals surface area contributed by atoms with Crippen LogP contribution in [0.15, 0.2) is 291 Å². The minimum atomic E-state index is -0.501. The predicted octanol–water partition coefficient (Wildman–Crippen LogP) is 18.6. The van der Waals surface area contributed by atoms with Crippen molar-refractivity contribution in [3.8, 4) is 50.2 Å². The number of fused-ring (bicyclic) bond motifs is 16. The lowest BCUT2D eigenvalue weighted by Crippen LogP contribution is -2.28. The summed E-state index contributed by atoms with van der Waals surface area (Å²) in [5.41, 5.74) is 26.3. The minimum Gasteiger partial charge on any atom is -0.310 e. The number of para-hydroxylation sites is 2. The van der Waals surface area contributed by atoms with Crippen LogP contribution in [0.5, 0.6) is 0 Å². The first-order valence-corrected chi connectivity index (χ1v) is 26.5. The van der Waals surface area contributed by atoms with Gasteiger partial charge < -0.3 is 9.47 Å². The topological polar surface area (TPSA) is 8.17 Å². The van der Waals surface area contributed by atoms with Gasteiger partial charge in [0.25, 0.3) is 0 Å². The number of aromatic nitrogens is 1. The van der Waals surface area contributed by atoms with Crippen LogP contribution in [0.25, 0.3) is 72.0 Å². The van der Waals surface area contributed by atoms with E-state index in [2.05, 4.69) is 301 Å². The number of anilines is 3. The van der Waals surface area contributed by atoms with E-state index in [4.69, 9.17) is 0 Å². The van der Waals surface area contributed by atoms with Gasteiger partial charge in [-0.3, -0.25) is 0 Å². The quantitative estimate of drug-likeness (QED) is 0.155. The fourth-order valence-corrected chi connectivity index (χ4v) is 14.1. The molecule has 0 aliphatic heterocycles. The maximum absolute atomic E-state index is 2.53. The molecule has 1 spiro atoms. The van der Waals surface area contributed by atoms with Crippen LogP contribution in [-0.4, -0.2) is 4.57 Å². The third kappa shape index (κ3) is 5.76. The maximum Gasteiger partial charge on any atom is 0.0726 e. The van der Waals surface area contributed by atoms with Crippen molar-refractivity contribution in [1.29, 1.82) is 0 Å². The summed E-state index contributed by atoms with van der Waals surface area (Å²) >= 11 is 0. The summed E-state index contributed by atoms with van der Waals surface area (Å²) in [6, 6.07) is 109. The summed E-state index contributed by atoms with van der Waals surface area (Å²) in [6.45, 7) is 0. The molecule has 0 saturated heterocycles. The van der Waals surface area contributed by atoms with Crippen LogP contribution in [0.3, 0.4) is 0 Å². The molecule has 16 rings (SSSR count). The van der Waals surface area contributed by atoms with Gasteiger partial charge in [0.05, 0.1) is 27.6 Å². The summed E-state index contributed by atoms with van der Waals surface area (Å²) in [7, 11) is 0. The molecule has 0 radical (unpaired) electrons. The Hall–Kier alpha value is -9.76. The average Bonchev–Trinajstić information content (AvgIpc) is 4.37. The highest BCUT2D eigenvalue weighted by Gasteiger charge is 2.52. The van der Waals surface area contributed by atoms with E-state index in [-0.39, 0.29) is 0 Å². The first-order valence-electron chi connectivity index (χ1n) is 26.5. The van der Waals surface area contributed by atoms with Crippen molar-refractivity contribution in [2.75, 3.05) is 4.90 Å². The number of rotatable bonds is 7. The summed E-state index contributed by atoms with van der Waals surface area (Å²) in [5.74, 6) is 0. The molecular formula is C74H48N2. The Morgan fingerprint density at radius 2 is 0.697 bits per heavy atom. The Balaban J connectivity index is 0.899. The first-order chi connectivity index (χ1) is 37.7. The van der Waals surface area contributed by atoms with Gasteiger partial charge in [0, 0.05) is 33.4 Å². The first kappa shape index (κ1) is 42.7. The highest BCUT2D eigenvalue weighted by Crippen LogP contribution is 2.65. The lowest BCUT2D eigenvalue weighted by atomic mass is 9.68. The molecule has 0 N–H and O–H groups in total. The molecule has 0 atom stereocenters. The zero-order valence-electron chi connectivity index (χ0n) is 41.6. The molecule has 76 heavy (non-hydrogen) atoms. The SMILES string of the molecule is c1ccc(C2(c3ccccc3)c3ccccc3-c3cc(N(c4ccc(-c5ccc(-n6c7ccccc7c7ccccc76)cc5)cc4)c4cccc5c4-c4ccccc4C54c5ccccc5-c5ccccc54)ccc32)cc1. The molecule has 2 heteroatoms. The van der Waals surface area contributed by atoms with Crippen molar-refractivity contribution in [2.24, 2.45) is 0 Å². The van der Waals surface area contributed by atoms with Crippen molar-refractivity contribution in [1.82, 2.24) is 4.57 Å². The molecule has 3 aliphatic rings. The molecule has 2 nitrogen and oxygen atoms in total. The van der Waals surface area contributed by atoms with E-state index in [1.54, 1.807) is 0 Å². The summed E-state index contributed by atoms with van der Waals surface area (Å²) < 4.78 is 2.39. The van der Waals surface area contributed by atoms with Gasteiger partial charge in [-0.1, -0.05) is 237 Å². The Kier molecular flexibility index (Phi) is 9.20. The molecule has 0 saturated carbocycles. The molecule has 0 unspecified atom stereocenters. The smallest absolute Gasteiger partial charge is 0.0726 e. The zero-order chi connectivity index (χ0) is 50.0. The monoisotopic (exact) mass is 964 g/mol. The van der Waals surface area contributed by atoms with E-state index < -0.39 is 10.8 Å². The highest BCUT2D eigenvalue weighted by atomic mass is 15.1. The Labute approximate surface area is 442 Å². The molecule has 12 aromatic carbocycles. The largest absolute Gasteiger partial charge is 0.310 e. The van der Waals surface area contributed by atoms with Gasteiger partial charge in [-0.25, -0.2) is 0 Å². The fourth-order valence-electron chi connectivity index (χ4n) is 14.1. The van der Waals surface area contributed by atoms with E-state index in [0.29, 0.717) is 0 Å². The molecule has 0 fully saturated rings. The van der Waals surface area contributed by atoms with Crippen molar-refractivity contribution in [3.63, 3.8) is 0 Å². The van der Waals surface area contributed by atoms with Crippen LogP contribution in [0.1, 0.15) is 44.5 Å². The molecule has 1 heterocycles. The Morgan fingerprint density at radius 3 is 1.28 bits per heavy atom. The third-order valence-electron chi connectivity index (χ3n) is 17.1. The second kappa shape index (κ2) is 16.4. The Bertz CT molecular complexity index is 4310. The van der Waals surface area contributed by atoms with Gasteiger partial charge in [0.15, 0.2) is 0 Å². The Morgan fingerprint density at radius 1 is 0.276 bits per heavy atom. The standard InChI is InChI=1S/C74H48N2/c1-3-20-51(21-4-1)73(52-22-5-2-6-23-52)63-30-13-9-26-58(63)62-48-55(46-47-67(62)73)75(53-42-38-49(39-43-53)50-40-44-54(45-41-50)76-69-35-17-11-27-59(69)60-28-12-18-36-70(60)76)71-37-19-34-68-72(71)61-29-10-16-33-66(61)74(68)64-31-14-7-24-56(64)57-25-8-15-32-65(57)74/h1-48H. The lowest BCUT2D eigenvalue weighted by molar-refractivity contribution is 0.768. The number of nitrogens with zero attached hydrogens (tertiary/aromatic N) is 2. The van der Waals surface area contributed by atoms with Crippen LogP contribution < -0.4 is 4.90 Å². The maximum atomic E-state index is 2.53.